The van der Waals surface area contributed by atoms with Crippen LogP contribution in [-0.4, -0.2) is 23.6 Å². The minimum absolute atomic E-state index is 0.0835. The van der Waals surface area contributed by atoms with Crippen LogP contribution < -0.4 is 0 Å². The first-order valence-corrected chi connectivity index (χ1v) is 9.96. The maximum atomic E-state index is 13.1. The van der Waals surface area contributed by atoms with E-state index in [1.807, 2.05) is 0 Å². The second-order valence-corrected chi connectivity index (χ2v) is 9.83. The number of ether oxygens (including phenoxy) is 2. The molecule has 0 aromatic heterocycles. The van der Waals surface area contributed by atoms with Crippen LogP contribution in [0.25, 0.3) is 0 Å². The molecule has 1 heterocycles. The molecule has 0 aromatic rings. The Morgan fingerprint density at radius 1 is 1.04 bits per heavy atom. The second kappa shape index (κ2) is 4.37. The Balaban J connectivity index is 1.26. The average molecular weight is 330 g/mol. The molecule has 4 heteroatoms. The molecule has 7 aliphatic rings. The number of hydrogen-bond acceptors (Lipinski definition) is 4. The van der Waals surface area contributed by atoms with Crippen molar-refractivity contribution in [3.05, 3.63) is 0 Å². The molecule has 0 radical (unpaired) electrons. The van der Waals surface area contributed by atoms with E-state index in [9.17, 15) is 9.59 Å². The summed E-state index contributed by atoms with van der Waals surface area (Å²) >= 11 is 0. The van der Waals surface area contributed by atoms with Gasteiger partial charge in [0.1, 0.15) is 11.7 Å². The van der Waals surface area contributed by atoms with Crippen LogP contribution >= 0.6 is 0 Å². The van der Waals surface area contributed by atoms with Gasteiger partial charge in [0.2, 0.25) is 0 Å². The first kappa shape index (κ1) is 14.1. The molecule has 4 nitrogen and oxygen atoms in total. The summed E-state index contributed by atoms with van der Waals surface area (Å²) in [6.45, 7) is 2.20. The van der Waals surface area contributed by atoms with Crippen molar-refractivity contribution in [3.8, 4) is 0 Å². The van der Waals surface area contributed by atoms with Crippen molar-refractivity contribution in [2.45, 2.75) is 63.6 Å². The van der Waals surface area contributed by atoms with Crippen molar-refractivity contribution in [1.82, 2.24) is 0 Å². The van der Waals surface area contributed by atoms with Gasteiger partial charge in [0, 0.05) is 5.92 Å². The number of carbonyl (C=O) groups excluding carboxylic acids is 2. The topological polar surface area (TPSA) is 52.6 Å². The summed E-state index contributed by atoms with van der Waals surface area (Å²) in [6, 6.07) is 0. The van der Waals surface area contributed by atoms with Crippen LogP contribution in [0.15, 0.2) is 0 Å². The Bertz CT molecular complexity index is 595. The Labute approximate surface area is 142 Å². The van der Waals surface area contributed by atoms with E-state index >= 15 is 0 Å². The van der Waals surface area contributed by atoms with E-state index in [2.05, 4.69) is 6.92 Å². The quantitative estimate of drug-likeness (QED) is 0.731. The number of rotatable bonds is 2. The molecule has 5 atom stereocenters. The number of hydrogen-bond donors (Lipinski definition) is 0. The Morgan fingerprint density at radius 3 is 2.38 bits per heavy atom. The molecule has 6 aliphatic carbocycles. The van der Waals surface area contributed by atoms with Crippen molar-refractivity contribution in [2.75, 3.05) is 0 Å². The first-order chi connectivity index (χ1) is 11.5. The third-order valence-corrected chi connectivity index (χ3v) is 8.84. The maximum Gasteiger partial charge on any atom is 0.310 e. The molecular weight excluding hydrogens is 304 g/mol. The molecular formula is C20H26O4. The Hall–Kier alpha value is -1.06. The van der Waals surface area contributed by atoms with Gasteiger partial charge in [-0.2, -0.15) is 0 Å². The van der Waals surface area contributed by atoms with Gasteiger partial charge in [0.25, 0.3) is 0 Å². The third kappa shape index (κ3) is 1.61. The predicted molar refractivity (Wildman–Crippen MR) is 84.6 cm³/mol. The smallest absolute Gasteiger partial charge is 0.310 e. The van der Waals surface area contributed by atoms with Crippen LogP contribution in [0.4, 0.5) is 0 Å². The zero-order chi connectivity index (χ0) is 16.2. The van der Waals surface area contributed by atoms with Crippen molar-refractivity contribution in [1.29, 1.82) is 0 Å². The van der Waals surface area contributed by atoms with Gasteiger partial charge in [-0.05, 0) is 81.5 Å². The number of carbonyl (C=O) groups is 2. The fourth-order valence-electron chi connectivity index (χ4n) is 7.90. The molecule has 0 amide bonds. The Kier molecular flexibility index (Phi) is 2.57. The van der Waals surface area contributed by atoms with E-state index in [0.29, 0.717) is 17.8 Å². The molecule has 0 spiro atoms. The molecule has 130 valence electrons. The van der Waals surface area contributed by atoms with Gasteiger partial charge >= 0.3 is 11.9 Å². The lowest BCUT2D eigenvalue weighted by Crippen LogP contribution is -2.58. The van der Waals surface area contributed by atoms with Gasteiger partial charge in [0.15, 0.2) is 0 Å². The van der Waals surface area contributed by atoms with E-state index in [4.69, 9.17) is 9.47 Å². The molecule has 7 fully saturated rings. The van der Waals surface area contributed by atoms with Crippen LogP contribution in [0.3, 0.4) is 0 Å². The van der Waals surface area contributed by atoms with Crippen molar-refractivity contribution >= 4 is 11.9 Å². The number of fused-ring (bicyclic) bond motifs is 1. The molecule has 6 saturated carbocycles. The lowest BCUT2D eigenvalue weighted by atomic mass is 9.50. The van der Waals surface area contributed by atoms with Gasteiger partial charge in [-0.1, -0.05) is 0 Å². The van der Waals surface area contributed by atoms with Gasteiger partial charge in [-0.3, -0.25) is 9.59 Å². The summed E-state index contributed by atoms with van der Waals surface area (Å²) in [4.78, 5) is 25.3. The standard InChI is InChI=1S/C20H26O4/c1-20(12-3-9-2-10(5-12)6-13(20)4-9)24-19(22)16-11-7-14-15(8-11)23-18(21)17(14)16/h9-17H,2-8H2,1H3. The van der Waals surface area contributed by atoms with Crippen molar-refractivity contribution in [3.63, 3.8) is 0 Å². The normalized spacial score (nSPS) is 59.0. The van der Waals surface area contributed by atoms with E-state index in [-0.39, 0.29) is 41.4 Å². The monoisotopic (exact) mass is 330 g/mol. The van der Waals surface area contributed by atoms with Gasteiger partial charge in [0.05, 0.1) is 11.8 Å². The molecule has 0 N–H and O–H groups in total. The van der Waals surface area contributed by atoms with Crippen LogP contribution in [0.2, 0.25) is 0 Å². The first-order valence-electron chi connectivity index (χ1n) is 9.96. The maximum absolute atomic E-state index is 13.1. The fourth-order valence-corrected chi connectivity index (χ4v) is 7.90. The van der Waals surface area contributed by atoms with Crippen LogP contribution in [0, 0.1) is 47.3 Å². The largest absolute Gasteiger partial charge is 0.462 e. The Morgan fingerprint density at radius 2 is 1.71 bits per heavy atom. The molecule has 5 unspecified atom stereocenters. The zero-order valence-electron chi connectivity index (χ0n) is 14.3. The predicted octanol–water partition coefficient (Wildman–Crippen LogP) is 2.94. The second-order valence-electron chi connectivity index (χ2n) is 9.83. The molecule has 0 aromatic carbocycles. The van der Waals surface area contributed by atoms with E-state index in [1.165, 1.54) is 32.1 Å². The highest BCUT2D eigenvalue weighted by Gasteiger charge is 2.66. The summed E-state index contributed by atoms with van der Waals surface area (Å²) in [5.74, 6) is 2.76. The lowest BCUT2D eigenvalue weighted by Gasteiger charge is -2.59. The molecule has 7 rings (SSSR count). The average Bonchev–Trinajstić information content (AvgIpc) is 3.13. The van der Waals surface area contributed by atoms with Crippen LogP contribution in [-0.2, 0) is 19.1 Å². The molecule has 24 heavy (non-hydrogen) atoms. The summed E-state index contributed by atoms with van der Waals surface area (Å²) in [5.41, 5.74) is -0.283. The SMILES string of the molecule is CC1(OC(=O)C2C3CC4OC(=O)C2C4C3)C2CC3CC(C2)CC1C3. The van der Waals surface area contributed by atoms with Crippen LogP contribution in [0.1, 0.15) is 51.9 Å². The highest BCUT2D eigenvalue weighted by Crippen LogP contribution is 2.61. The number of esters is 2. The fraction of sp³-hybridized carbons (Fsp3) is 0.900. The van der Waals surface area contributed by atoms with Gasteiger partial charge < -0.3 is 9.47 Å². The highest BCUT2D eigenvalue weighted by molar-refractivity contribution is 5.86. The summed E-state index contributed by atoms with van der Waals surface area (Å²) < 4.78 is 11.8. The van der Waals surface area contributed by atoms with E-state index in [1.54, 1.807) is 0 Å². The van der Waals surface area contributed by atoms with E-state index in [0.717, 1.165) is 24.7 Å². The van der Waals surface area contributed by atoms with Gasteiger partial charge in [-0.15, -0.1) is 0 Å². The van der Waals surface area contributed by atoms with Gasteiger partial charge in [-0.25, -0.2) is 0 Å². The van der Waals surface area contributed by atoms with E-state index < -0.39 is 0 Å². The van der Waals surface area contributed by atoms with Crippen molar-refractivity contribution in [2.24, 2.45) is 47.3 Å². The van der Waals surface area contributed by atoms with Crippen LogP contribution in [0.5, 0.6) is 0 Å². The third-order valence-electron chi connectivity index (χ3n) is 8.84. The zero-order valence-corrected chi connectivity index (χ0v) is 14.3. The lowest BCUT2D eigenvalue weighted by molar-refractivity contribution is -0.209. The molecule has 1 saturated heterocycles. The summed E-state index contributed by atoms with van der Waals surface area (Å²) in [6.07, 6.45) is 8.30. The summed E-state index contributed by atoms with van der Waals surface area (Å²) in [5, 5.41) is 0. The van der Waals surface area contributed by atoms with Crippen molar-refractivity contribution < 1.29 is 19.1 Å². The minimum Gasteiger partial charge on any atom is -0.462 e. The molecule has 6 bridgehead atoms. The molecule has 1 aliphatic heterocycles. The summed E-state index contributed by atoms with van der Waals surface area (Å²) in [7, 11) is 0. The highest BCUT2D eigenvalue weighted by atomic mass is 16.6. The minimum atomic E-state index is -0.283.